The summed E-state index contributed by atoms with van der Waals surface area (Å²) in [7, 11) is 0. The average molecular weight is 451 g/mol. The normalized spacial score (nSPS) is 25.2. The second-order valence-electron chi connectivity index (χ2n) is 8.19. The molecule has 5 rings (SSSR count). The van der Waals surface area contributed by atoms with E-state index < -0.39 is 18.5 Å². The van der Waals surface area contributed by atoms with Gasteiger partial charge in [-0.2, -0.15) is 0 Å². The number of hydrogen-bond acceptors (Lipinski definition) is 5. The first kappa shape index (κ1) is 20.5. The van der Waals surface area contributed by atoms with Crippen LogP contribution in [0.25, 0.3) is 0 Å². The van der Waals surface area contributed by atoms with Gasteiger partial charge in [0, 0.05) is 10.7 Å². The van der Waals surface area contributed by atoms with E-state index in [9.17, 15) is 19.2 Å². The molecule has 7 nitrogen and oxygen atoms in total. The van der Waals surface area contributed by atoms with Gasteiger partial charge in [0.2, 0.25) is 11.8 Å². The minimum absolute atomic E-state index is 0.139. The lowest BCUT2D eigenvalue weighted by molar-refractivity contribution is -0.123. The van der Waals surface area contributed by atoms with Gasteiger partial charge in [-0.15, -0.1) is 0 Å². The highest BCUT2D eigenvalue weighted by Crippen LogP contribution is 2.53. The predicted octanol–water partition coefficient (Wildman–Crippen LogP) is 3.45. The molecule has 8 heteroatoms. The van der Waals surface area contributed by atoms with Crippen LogP contribution in [0, 0.1) is 23.7 Å². The molecule has 2 aromatic rings. The summed E-state index contributed by atoms with van der Waals surface area (Å²) in [5.74, 6) is -1.79. The van der Waals surface area contributed by atoms with Crippen LogP contribution in [0.15, 0.2) is 60.7 Å². The first-order valence-corrected chi connectivity index (χ1v) is 10.7. The topological polar surface area (TPSA) is 92.8 Å². The van der Waals surface area contributed by atoms with Crippen LogP contribution in [0.3, 0.4) is 0 Å². The lowest BCUT2D eigenvalue weighted by atomic mass is 9.85. The van der Waals surface area contributed by atoms with Crippen LogP contribution in [0.4, 0.5) is 11.4 Å². The third kappa shape index (κ3) is 3.48. The van der Waals surface area contributed by atoms with Crippen LogP contribution < -0.4 is 10.2 Å². The van der Waals surface area contributed by atoms with Crippen LogP contribution >= 0.6 is 11.6 Å². The second kappa shape index (κ2) is 7.91. The number of fused-ring (bicyclic) bond motifs is 5. The van der Waals surface area contributed by atoms with Gasteiger partial charge in [-0.25, -0.2) is 4.79 Å². The summed E-state index contributed by atoms with van der Waals surface area (Å²) in [5.41, 5.74) is 1.19. The highest BCUT2D eigenvalue weighted by atomic mass is 35.5. The van der Waals surface area contributed by atoms with Crippen molar-refractivity contribution in [2.24, 2.45) is 23.7 Å². The van der Waals surface area contributed by atoms with E-state index in [0.717, 1.165) is 6.42 Å². The summed E-state index contributed by atoms with van der Waals surface area (Å²) in [4.78, 5) is 51.3. The van der Waals surface area contributed by atoms with Crippen LogP contribution in [0.1, 0.15) is 16.8 Å². The molecule has 2 aliphatic carbocycles. The lowest BCUT2D eigenvalue weighted by Gasteiger charge is -2.17. The molecule has 162 valence electrons. The van der Waals surface area contributed by atoms with Gasteiger partial charge in [-0.3, -0.25) is 19.3 Å². The maximum atomic E-state index is 12.9. The van der Waals surface area contributed by atoms with Gasteiger partial charge in [0.05, 0.1) is 23.1 Å². The zero-order valence-electron chi connectivity index (χ0n) is 16.9. The fourth-order valence-electron chi connectivity index (χ4n) is 4.85. The van der Waals surface area contributed by atoms with E-state index in [2.05, 4.69) is 5.32 Å². The molecule has 1 N–H and O–H groups in total. The van der Waals surface area contributed by atoms with Gasteiger partial charge in [0.1, 0.15) is 0 Å². The number of nitrogens with zero attached hydrogens (tertiary/aromatic N) is 1. The predicted molar refractivity (Wildman–Crippen MR) is 117 cm³/mol. The monoisotopic (exact) mass is 450 g/mol. The number of hydrogen-bond donors (Lipinski definition) is 1. The van der Waals surface area contributed by atoms with Crippen molar-refractivity contribution in [1.29, 1.82) is 0 Å². The second-order valence-corrected chi connectivity index (χ2v) is 8.63. The fraction of sp³-hybridized carbons (Fsp3) is 0.250. The van der Waals surface area contributed by atoms with Crippen molar-refractivity contribution in [3.05, 3.63) is 71.3 Å². The van der Waals surface area contributed by atoms with Crippen LogP contribution in [-0.2, 0) is 19.1 Å². The van der Waals surface area contributed by atoms with Crippen molar-refractivity contribution in [3.63, 3.8) is 0 Å². The van der Waals surface area contributed by atoms with E-state index >= 15 is 0 Å². The highest BCUT2D eigenvalue weighted by molar-refractivity contribution is 6.30. The number of esters is 1. The molecular formula is C24H19ClN2O5. The van der Waals surface area contributed by atoms with Gasteiger partial charge in [0.15, 0.2) is 6.61 Å². The molecule has 1 heterocycles. The minimum atomic E-state index is -0.680. The van der Waals surface area contributed by atoms with Gasteiger partial charge < -0.3 is 10.1 Å². The molecule has 2 aromatic carbocycles. The van der Waals surface area contributed by atoms with Crippen molar-refractivity contribution in [2.75, 3.05) is 16.8 Å². The lowest BCUT2D eigenvalue weighted by Crippen LogP contribution is -2.32. The molecule has 2 bridgehead atoms. The average Bonchev–Trinajstić information content (AvgIpc) is 3.47. The number of benzene rings is 2. The Balaban J connectivity index is 1.20. The summed E-state index contributed by atoms with van der Waals surface area (Å²) in [6, 6.07) is 12.6. The number of ether oxygens (including phenoxy) is 1. The molecule has 32 heavy (non-hydrogen) atoms. The molecule has 0 spiro atoms. The van der Waals surface area contributed by atoms with Crippen molar-refractivity contribution < 1.29 is 23.9 Å². The molecule has 0 unspecified atom stereocenters. The number of carbonyl (C=O) groups excluding carboxylic acids is 4. The molecule has 1 saturated heterocycles. The Morgan fingerprint density at radius 1 is 0.938 bits per heavy atom. The van der Waals surface area contributed by atoms with E-state index in [1.807, 2.05) is 12.2 Å². The smallest absolute Gasteiger partial charge is 0.338 e. The number of carbonyl (C=O) groups is 4. The Hall–Kier alpha value is -3.45. The largest absolute Gasteiger partial charge is 0.452 e. The van der Waals surface area contributed by atoms with Gasteiger partial charge >= 0.3 is 5.97 Å². The maximum Gasteiger partial charge on any atom is 0.338 e. The van der Waals surface area contributed by atoms with Crippen molar-refractivity contribution >= 4 is 46.7 Å². The fourth-order valence-corrected chi connectivity index (χ4v) is 4.97. The number of amides is 3. The van der Waals surface area contributed by atoms with Gasteiger partial charge in [0.25, 0.3) is 5.91 Å². The molecular weight excluding hydrogens is 432 g/mol. The van der Waals surface area contributed by atoms with Crippen molar-refractivity contribution in [2.45, 2.75) is 6.42 Å². The third-order valence-corrected chi connectivity index (χ3v) is 6.55. The quantitative estimate of drug-likeness (QED) is 0.428. The number of rotatable bonds is 5. The Labute approximate surface area is 189 Å². The zero-order chi connectivity index (χ0) is 22.4. The molecule has 2 fully saturated rings. The molecule has 0 radical (unpaired) electrons. The van der Waals surface area contributed by atoms with Gasteiger partial charge in [-0.05, 0) is 66.8 Å². The van der Waals surface area contributed by atoms with Crippen LogP contribution in [-0.4, -0.2) is 30.3 Å². The van der Waals surface area contributed by atoms with E-state index in [4.69, 9.17) is 16.3 Å². The summed E-state index contributed by atoms with van der Waals surface area (Å²) >= 11 is 5.80. The molecule has 1 aliphatic heterocycles. The standard InChI is InChI=1S/C24H19ClN2O5/c25-16-5-7-17(8-6-16)26-19(28)12-32-24(31)13-3-9-18(10-4-13)27-22(29)20-14-1-2-15(11-14)21(20)23(27)30/h1-10,14-15,20-21H,11-12H2,(H,26,28)/t14-,15-,20+,21+/m0/s1. The number of allylic oxidation sites excluding steroid dienone is 2. The molecule has 4 atom stereocenters. The maximum absolute atomic E-state index is 12.9. The Bertz CT molecular complexity index is 1110. The Morgan fingerprint density at radius 3 is 2.12 bits per heavy atom. The van der Waals surface area contributed by atoms with Crippen molar-refractivity contribution in [3.8, 4) is 0 Å². The first-order valence-electron chi connectivity index (χ1n) is 10.3. The molecule has 3 amide bonds. The Morgan fingerprint density at radius 2 is 1.53 bits per heavy atom. The molecule has 1 saturated carbocycles. The van der Waals surface area contributed by atoms with Crippen LogP contribution in [0.2, 0.25) is 5.02 Å². The van der Waals surface area contributed by atoms with Gasteiger partial charge in [-0.1, -0.05) is 23.8 Å². The summed E-state index contributed by atoms with van der Waals surface area (Å²) < 4.78 is 5.06. The Kier molecular flexibility index (Phi) is 5.06. The first-order chi connectivity index (χ1) is 15.4. The summed E-state index contributed by atoms with van der Waals surface area (Å²) in [5, 5.41) is 3.15. The van der Waals surface area contributed by atoms with Crippen molar-refractivity contribution in [1.82, 2.24) is 0 Å². The number of imide groups is 1. The van der Waals surface area contributed by atoms with E-state index in [-0.39, 0.29) is 41.0 Å². The zero-order valence-corrected chi connectivity index (χ0v) is 17.6. The number of nitrogens with one attached hydrogen (secondary N) is 1. The third-order valence-electron chi connectivity index (χ3n) is 6.29. The van der Waals surface area contributed by atoms with Crippen LogP contribution in [0.5, 0.6) is 0 Å². The summed E-state index contributed by atoms with van der Waals surface area (Å²) in [6.07, 6.45) is 4.96. The molecule has 3 aliphatic rings. The van der Waals surface area contributed by atoms with E-state index in [0.29, 0.717) is 16.4 Å². The van der Waals surface area contributed by atoms with E-state index in [1.165, 1.54) is 17.0 Å². The minimum Gasteiger partial charge on any atom is -0.452 e. The number of halogens is 1. The van der Waals surface area contributed by atoms with E-state index in [1.54, 1.807) is 36.4 Å². The number of anilines is 2. The SMILES string of the molecule is O=C(COC(=O)c1ccc(N2C(=O)[C@H]3[C@H](C2=O)[C@H]2C=C[C@H]3C2)cc1)Nc1ccc(Cl)cc1. The highest BCUT2D eigenvalue weighted by Gasteiger charge is 2.59. The molecule has 0 aromatic heterocycles. The summed E-state index contributed by atoms with van der Waals surface area (Å²) in [6.45, 7) is -0.453.